The second-order valence-electron chi connectivity index (χ2n) is 4.54. The van der Waals surface area contributed by atoms with Crippen molar-refractivity contribution < 1.29 is 5.11 Å². The van der Waals surface area contributed by atoms with Crippen molar-refractivity contribution in [2.24, 2.45) is 5.92 Å². The van der Waals surface area contributed by atoms with Gasteiger partial charge in [0, 0.05) is 24.5 Å². The second-order valence-corrected chi connectivity index (χ2v) is 4.54. The van der Waals surface area contributed by atoms with Gasteiger partial charge >= 0.3 is 0 Å². The van der Waals surface area contributed by atoms with Gasteiger partial charge in [0.2, 0.25) is 0 Å². The van der Waals surface area contributed by atoms with Gasteiger partial charge in [-0.25, -0.2) is 0 Å². The van der Waals surface area contributed by atoms with E-state index in [9.17, 15) is 5.11 Å². The maximum atomic E-state index is 10.2. The van der Waals surface area contributed by atoms with Crippen LogP contribution in [-0.2, 0) is 5.60 Å². The number of hydrogen-bond donors (Lipinski definition) is 2. The van der Waals surface area contributed by atoms with E-state index in [0.29, 0.717) is 12.5 Å². The number of pyridine rings is 1. The third-order valence-corrected chi connectivity index (χ3v) is 2.31. The van der Waals surface area contributed by atoms with Crippen LogP contribution in [0.25, 0.3) is 0 Å². The molecule has 0 saturated heterocycles. The topological polar surface area (TPSA) is 45.1 Å². The molecule has 15 heavy (non-hydrogen) atoms. The minimum Gasteiger partial charge on any atom is -0.384 e. The summed E-state index contributed by atoms with van der Waals surface area (Å²) >= 11 is 0. The highest BCUT2D eigenvalue weighted by molar-refractivity contribution is 5.17. The lowest BCUT2D eigenvalue weighted by atomic mass is 9.98. The molecule has 0 aliphatic rings. The normalized spacial score (nSPS) is 15.3. The average molecular weight is 208 g/mol. The van der Waals surface area contributed by atoms with E-state index in [4.69, 9.17) is 0 Å². The van der Waals surface area contributed by atoms with Gasteiger partial charge in [-0.15, -0.1) is 0 Å². The first-order valence-electron chi connectivity index (χ1n) is 5.36. The van der Waals surface area contributed by atoms with Crippen LogP contribution in [-0.4, -0.2) is 23.2 Å². The molecule has 0 fully saturated rings. The Morgan fingerprint density at radius 2 is 2.27 bits per heavy atom. The van der Waals surface area contributed by atoms with Gasteiger partial charge in [0.25, 0.3) is 0 Å². The SMILES string of the molecule is CC(C)CNCC(C)(O)c1cccnc1. The molecule has 0 saturated carbocycles. The summed E-state index contributed by atoms with van der Waals surface area (Å²) in [5, 5.41) is 13.4. The summed E-state index contributed by atoms with van der Waals surface area (Å²) in [6, 6.07) is 3.73. The highest BCUT2D eigenvalue weighted by atomic mass is 16.3. The van der Waals surface area contributed by atoms with Gasteiger partial charge in [0.15, 0.2) is 0 Å². The smallest absolute Gasteiger partial charge is 0.101 e. The Morgan fingerprint density at radius 3 is 2.80 bits per heavy atom. The van der Waals surface area contributed by atoms with Crippen LogP contribution in [0.15, 0.2) is 24.5 Å². The van der Waals surface area contributed by atoms with Crippen LogP contribution < -0.4 is 5.32 Å². The van der Waals surface area contributed by atoms with E-state index < -0.39 is 5.60 Å². The van der Waals surface area contributed by atoms with Crippen LogP contribution in [0.2, 0.25) is 0 Å². The van der Waals surface area contributed by atoms with Crippen LogP contribution >= 0.6 is 0 Å². The minimum absolute atomic E-state index is 0.552. The van der Waals surface area contributed by atoms with E-state index in [0.717, 1.165) is 12.1 Å². The molecule has 2 N–H and O–H groups in total. The van der Waals surface area contributed by atoms with E-state index in [-0.39, 0.29) is 0 Å². The molecule has 3 heteroatoms. The molecule has 1 atom stereocenters. The first-order chi connectivity index (χ1) is 7.02. The Morgan fingerprint density at radius 1 is 1.53 bits per heavy atom. The number of aromatic nitrogens is 1. The fourth-order valence-electron chi connectivity index (χ4n) is 1.39. The molecular formula is C12H20N2O. The summed E-state index contributed by atoms with van der Waals surface area (Å²) in [4.78, 5) is 4.01. The van der Waals surface area contributed by atoms with Crippen LogP contribution in [0, 0.1) is 5.92 Å². The third-order valence-electron chi connectivity index (χ3n) is 2.31. The first kappa shape index (κ1) is 12.1. The Bertz CT molecular complexity index is 283. The molecule has 0 bridgehead atoms. The number of nitrogens with one attached hydrogen (secondary N) is 1. The third kappa shape index (κ3) is 3.98. The van der Waals surface area contributed by atoms with Gasteiger partial charge in [0.1, 0.15) is 5.60 Å². The van der Waals surface area contributed by atoms with Crippen LogP contribution in [0.4, 0.5) is 0 Å². The maximum absolute atomic E-state index is 10.2. The molecule has 1 aromatic rings. The maximum Gasteiger partial charge on any atom is 0.101 e. The zero-order valence-electron chi connectivity index (χ0n) is 9.70. The van der Waals surface area contributed by atoms with E-state index in [2.05, 4.69) is 24.1 Å². The quantitative estimate of drug-likeness (QED) is 0.771. The van der Waals surface area contributed by atoms with Gasteiger partial charge in [-0.2, -0.15) is 0 Å². The number of hydrogen-bond acceptors (Lipinski definition) is 3. The lowest BCUT2D eigenvalue weighted by molar-refractivity contribution is 0.0561. The standard InChI is InChI=1S/C12H20N2O/c1-10(2)7-14-9-12(3,15)11-5-4-6-13-8-11/h4-6,8,10,14-15H,7,9H2,1-3H3. The van der Waals surface area contributed by atoms with Gasteiger partial charge in [0.05, 0.1) is 0 Å². The monoisotopic (exact) mass is 208 g/mol. The van der Waals surface area contributed by atoms with Crippen molar-refractivity contribution in [2.75, 3.05) is 13.1 Å². The number of rotatable bonds is 5. The van der Waals surface area contributed by atoms with Crippen molar-refractivity contribution >= 4 is 0 Å². The molecule has 1 rings (SSSR count). The predicted molar refractivity (Wildman–Crippen MR) is 61.5 cm³/mol. The fraction of sp³-hybridized carbons (Fsp3) is 0.583. The van der Waals surface area contributed by atoms with Crippen LogP contribution in [0.5, 0.6) is 0 Å². The first-order valence-corrected chi connectivity index (χ1v) is 5.36. The second kappa shape index (κ2) is 5.24. The van der Waals surface area contributed by atoms with E-state index in [1.807, 2.05) is 12.1 Å². The summed E-state index contributed by atoms with van der Waals surface area (Å²) in [7, 11) is 0. The summed E-state index contributed by atoms with van der Waals surface area (Å²) in [5.74, 6) is 0.592. The lowest BCUT2D eigenvalue weighted by Gasteiger charge is -2.24. The van der Waals surface area contributed by atoms with Gasteiger partial charge in [-0.1, -0.05) is 19.9 Å². The Kier molecular flexibility index (Phi) is 4.24. The van der Waals surface area contributed by atoms with Crippen molar-refractivity contribution in [3.63, 3.8) is 0 Å². The number of aliphatic hydroxyl groups is 1. The van der Waals surface area contributed by atoms with Gasteiger partial charge in [-0.3, -0.25) is 4.98 Å². The van der Waals surface area contributed by atoms with Crippen LogP contribution in [0.3, 0.4) is 0 Å². The van der Waals surface area contributed by atoms with E-state index in [1.165, 1.54) is 0 Å². The molecule has 0 aliphatic heterocycles. The largest absolute Gasteiger partial charge is 0.384 e. The average Bonchev–Trinajstić information content (AvgIpc) is 2.18. The summed E-state index contributed by atoms with van der Waals surface area (Å²) in [5.41, 5.74) is 0.00429. The van der Waals surface area contributed by atoms with Crippen molar-refractivity contribution in [3.8, 4) is 0 Å². The molecule has 0 amide bonds. The summed E-state index contributed by atoms with van der Waals surface area (Å²) < 4.78 is 0. The Hall–Kier alpha value is -0.930. The summed E-state index contributed by atoms with van der Waals surface area (Å²) in [6.45, 7) is 7.56. The Labute approximate surface area is 91.5 Å². The van der Waals surface area contributed by atoms with Crippen molar-refractivity contribution in [1.29, 1.82) is 0 Å². The molecule has 84 valence electrons. The van der Waals surface area contributed by atoms with E-state index >= 15 is 0 Å². The highest BCUT2D eigenvalue weighted by Crippen LogP contribution is 2.17. The zero-order valence-corrected chi connectivity index (χ0v) is 9.70. The van der Waals surface area contributed by atoms with Crippen molar-refractivity contribution in [1.82, 2.24) is 10.3 Å². The molecule has 1 heterocycles. The van der Waals surface area contributed by atoms with Gasteiger partial charge in [-0.05, 0) is 25.5 Å². The van der Waals surface area contributed by atoms with E-state index in [1.54, 1.807) is 19.3 Å². The molecule has 1 unspecified atom stereocenters. The predicted octanol–water partition coefficient (Wildman–Crippen LogP) is 1.53. The molecule has 1 aromatic heterocycles. The molecular weight excluding hydrogens is 188 g/mol. The Balaban J connectivity index is 2.52. The molecule has 0 radical (unpaired) electrons. The van der Waals surface area contributed by atoms with Crippen LogP contribution in [0.1, 0.15) is 26.3 Å². The highest BCUT2D eigenvalue weighted by Gasteiger charge is 2.22. The number of nitrogens with zero attached hydrogens (tertiary/aromatic N) is 1. The molecule has 0 aliphatic carbocycles. The molecule has 0 aromatic carbocycles. The van der Waals surface area contributed by atoms with Crippen molar-refractivity contribution in [3.05, 3.63) is 30.1 Å². The zero-order chi connectivity index (χ0) is 11.3. The minimum atomic E-state index is -0.844. The molecule has 3 nitrogen and oxygen atoms in total. The molecule has 0 spiro atoms. The lowest BCUT2D eigenvalue weighted by Crippen LogP contribution is -2.37. The fourth-order valence-corrected chi connectivity index (χ4v) is 1.39. The summed E-state index contributed by atoms with van der Waals surface area (Å²) in [6.07, 6.45) is 3.41. The van der Waals surface area contributed by atoms with Crippen molar-refractivity contribution in [2.45, 2.75) is 26.4 Å². The van der Waals surface area contributed by atoms with Gasteiger partial charge < -0.3 is 10.4 Å².